The number of carboxylic acids is 1. The molecule has 0 aromatic rings. The topological polar surface area (TPSA) is 57.5 Å². The lowest BCUT2D eigenvalue weighted by Gasteiger charge is -2.71. The van der Waals surface area contributed by atoms with E-state index in [4.69, 9.17) is 0 Å². The number of fused-ring (bicyclic) bond motifs is 7. The van der Waals surface area contributed by atoms with E-state index >= 15 is 0 Å². The maximum Gasteiger partial charge on any atom is 0.307 e. The second-order valence-corrected chi connectivity index (χ2v) is 14.7. The molecule has 0 spiro atoms. The molecular formula is C30H48O3. The van der Waals surface area contributed by atoms with Crippen LogP contribution in [0.3, 0.4) is 0 Å². The lowest BCUT2D eigenvalue weighted by Crippen LogP contribution is -2.65. The fraction of sp³-hybridized carbons (Fsp3) is 0.900. The van der Waals surface area contributed by atoms with E-state index in [0.29, 0.717) is 11.8 Å². The van der Waals surface area contributed by atoms with E-state index in [1.807, 2.05) is 0 Å². The van der Waals surface area contributed by atoms with Gasteiger partial charge >= 0.3 is 5.97 Å². The molecule has 3 heteroatoms. The molecular weight excluding hydrogens is 408 g/mol. The van der Waals surface area contributed by atoms with E-state index in [2.05, 4.69) is 54.5 Å². The highest BCUT2D eigenvalue weighted by atomic mass is 16.4. The van der Waals surface area contributed by atoms with Gasteiger partial charge in [0, 0.05) is 0 Å². The highest BCUT2D eigenvalue weighted by molar-refractivity contribution is 5.72. The number of allylic oxidation sites excluding steroid dienone is 2. The monoisotopic (exact) mass is 456 g/mol. The summed E-state index contributed by atoms with van der Waals surface area (Å²) in [6, 6.07) is 0. The maximum atomic E-state index is 12.6. The number of carboxylic acid groups (broad SMARTS) is 1. The van der Waals surface area contributed by atoms with Crippen molar-refractivity contribution in [1.29, 1.82) is 0 Å². The predicted molar refractivity (Wildman–Crippen MR) is 133 cm³/mol. The molecule has 4 fully saturated rings. The van der Waals surface area contributed by atoms with Crippen molar-refractivity contribution < 1.29 is 15.0 Å². The zero-order chi connectivity index (χ0) is 24.2. The Morgan fingerprint density at radius 1 is 0.909 bits per heavy atom. The summed E-state index contributed by atoms with van der Waals surface area (Å²) in [5.74, 6) is 0.785. The molecule has 0 aromatic heterocycles. The van der Waals surface area contributed by atoms with E-state index < -0.39 is 5.97 Å². The molecule has 0 amide bonds. The molecule has 2 N–H and O–H groups in total. The standard InChI is InChI=1S/C30H48O3/c1-18-10-13-27(4)16-17-29(6)19(24(27)23(18)25(32)33)8-9-21-28(5)14-12-22(31)26(2,3)20(28)11-15-30(21,29)7/h8,18,20-24,31H,9-17H2,1-7H3,(H,32,33)/t18-,20+,21-,22+,23+,24+,27-,28+,29-,30-/m1/s1. The summed E-state index contributed by atoms with van der Waals surface area (Å²) in [4.78, 5) is 12.6. The van der Waals surface area contributed by atoms with Crippen LogP contribution in [0.4, 0.5) is 0 Å². The summed E-state index contributed by atoms with van der Waals surface area (Å²) in [6.45, 7) is 16.8. The van der Waals surface area contributed by atoms with Gasteiger partial charge in [-0.2, -0.15) is 0 Å². The molecule has 0 aliphatic heterocycles. The Balaban J connectivity index is 1.61. The predicted octanol–water partition coefficient (Wildman–Crippen LogP) is 7.09. The largest absolute Gasteiger partial charge is 0.481 e. The van der Waals surface area contributed by atoms with Gasteiger partial charge in [0.1, 0.15) is 0 Å². The van der Waals surface area contributed by atoms with E-state index in [0.717, 1.165) is 32.1 Å². The number of hydrogen-bond donors (Lipinski definition) is 2. The molecule has 5 rings (SSSR count). The van der Waals surface area contributed by atoms with Gasteiger partial charge in [0.2, 0.25) is 0 Å². The molecule has 0 saturated heterocycles. The van der Waals surface area contributed by atoms with Gasteiger partial charge in [-0.25, -0.2) is 0 Å². The van der Waals surface area contributed by atoms with Crippen LogP contribution in [-0.2, 0) is 4.79 Å². The van der Waals surface area contributed by atoms with Crippen LogP contribution in [0.5, 0.6) is 0 Å². The first-order chi connectivity index (χ1) is 15.2. The van der Waals surface area contributed by atoms with Gasteiger partial charge in [-0.05, 0) is 109 Å². The quantitative estimate of drug-likeness (QED) is 0.414. The summed E-state index contributed by atoms with van der Waals surface area (Å²) >= 11 is 0. The lowest BCUT2D eigenvalue weighted by molar-refractivity contribution is -0.204. The van der Waals surface area contributed by atoms with Gasteiger partial charge in [-0.3, -0.25) is 4.79 Å². The molecule has 0 heterocycles. The van der Waals surface area contributed by atoms with E-state index in [9.17, 15) is 15.0 Å². The van der Waals surface area contributed by atoms with Crippen LogP contribution in [0, 0.1) is 56.7 Å². The van der Waals surface area contributed by atoms with Gasteiger partial charge in [-0.15, -0.1) is 0 Å². The van der Waals surface area contributed by atoms with E-state index in [-0.39, 0.29) is 50.9 Å². The maximum absolute atomic E-state index is 12.6. The molecule has 5 aliphatic rings. The van der Waals surface area contributed by atoms with Crippen molar-refractivity contribution >= 4 is 5.97 Å². The van der Waals surface area contributed by atoms with Gasteiger partial charge in [0.05, 0.1) is 12.0 Å². The Kier molecular flexibility index (Phi) is 5.15. The Morgan fingerprint density at radius 2 is 1.61 bits per heavy atom. The van der Waals surface area contributed by atoms with E-state index in [1.54, 1.807) is 0 Å². The Hall–Kier alpha value is -0.830. The number of rotatable bonds is 1. The Labute approximate surface area is 201 Å². The smallest absolute Gasteiger partial charge is 0.307 e. The molecule has 33 heavy (non-hydrogen) atoms. The van der Waals surface area contributed by atoms with Gasteiger partial charge in [-0.1, -0.05) is 60.1 Å². The minimum absolute atomic E-state index is 0.0302. The van der Waals surface area contributed by atoms with Crippen molar-refractivity contribution in [3.05, 3.63) is 11.6 Å². The van der Waals surface area contributed by atoms with Crippen LogP contribution >= 0.6 is 0 Å². The van der Waals surface area contributed by atoms with E-state index in [1.165, 1.54) is 31.3 Å². The van der Waals surface area contributed by atoms with Gasteiger partial charge in [0.15, 0.2) is 0 Å². The van der Waals surface area contributed by atoms with Gasteiger partial charge in [0.25, 0.3) is 0 Å². The molecule has 0 bridgehead atoms. The summed E-state index contributed by atoms with van der Waals surface area (Å²) < 4.78 is 0. The van der Waals surface area contributed by atoms with Crippen LogP contribution < -0.4 is 0 Å². The summed E-state index contributed by atoms with van der Waals surface area (Å²) in [5.41, 5.74) is 2.14. The average Bonchev–Trinajstić information content (AvgIpc) is 2.72. The molecule has 5 aliphatic carbocycles. The Bertz CT molecular complexity index is 874. The highest BCUT2D eigenvalue weighted by Crippen LogP contribution is 2.75. The minimum Gasteiger partial charge on any atom is -0.481 e. The summed E-state index contributed by atoms with van der Waals surface area (Å²) in [7, 11) is 0. The molecule has 10 atom stereocenters. The van der Waals surface area contributed by atoms with Crippen LogP contribution in [0.1, 0.15) is 106 Å². The molecule has 186 valence electrons. The third kappa shape index (κ3) is 2.87. The fourth-order valence-electron chi connectivity index (χ4n) is 10.9. The normalized spacial score (nSPS) is 55.3. The Morgan fingerprint density at radius 3 is 2.27 bits per heavy atom. The van der Waals surface area contributed by atoms with Crippen LogP contribution in [0.25, 0.3) is 0 Å². The number of hydrogen-bond acceptors (Lipinski definition) is 2. The van der Waals surface area contributed by atoms with Crippen LogP contribution in [0.15, 0.2) is 11.6 Å². The van der Waals surface area contributed by atoms with Crippen molar-refractivity contribution in [2.75, 3.05) is 0 Å². The third-order valence-electron chi connectivity index (χ3n) is 13.2. The molecule has 0 unspecified atom stereocenters. The zero-order valence-electron chi connectivity index (χ0n) is 22.2. The molecule has 0 aromatic carbocycles. The fourth-order valence-corrected chi connectivity index (χ4v) is 10.9. The summed E-state index contributed by atoms with van der Waals surface area (Å²) in [5, 5.41) is 21.2. The number of aliphatic hydroxyl groups is 1. The van der Waals surface area contributed by atoms with Crippen molar-refractivity contribution in [3.63, 3.8) is 0 Å². The van der Waals surface area contributed by atoms with Crippen molar-refractivity contribution in [3.8, 4) is 0 Å². The first kappa shape index (κ1) is 23.9. The van der Waals surface area contributed by atoms with Gasteiger partial charge < -0.3 is 10.2 Å². The minimum atomic E-state index is -0.575. The van der Waals surface area contributed by atoms with Crippen molar-refractivity contribution in [1.82, 2.24) is 0 Å². The third-order valence-corrected chi connectivity index (χ3v) is 13.2. The molecule has 3 nitrogen and oxygen atoms in total. The number of aliphatic hydroxyl groups excluding tert-OH is 1. The molecule has 4 saturated carbocycles. The number of aliphatic carboxylic acids is 1. The average molecular weight is 457 g/mol. The molecule has 0 radical (unpaired) electrons. The first-order valence-electron chi connectivity index (χ1n) is 13.8. The zero-order valence-corrected chi connectivity index (χ0v) is 22.2. The van der Waals surface area contributed by atoms with Crippen LogP contribution in [0.2, 0.25) is 0 Å². The highest BCUT2D eigenvalue weighted by Gasteiger charge is 2.68. The van der Waals surface area contributed by atoms with Crippen molar-refractivity contribution in [2.45, 2.75) is 112 Å². The second kappa shape index (κ2) is 7.11. The first-order valence-corrected chi connectivity index (χ1v) is 13.8. The lowest BCUT2D eigenvalue weighted by atomic mass is 9.33. The van der Waals surface area contributed by atoms with Crippen LogP contribution in [-0.4, -0.2) is 22.3 Å². The number of carbonyl (C=O) groups is 1. The second-order valence-electron chi connectivity index (χ2n) is 14.7. The SMILES string of the molecule is C[C@@H]1CC[C@]2(C)CC[C@]3(C)C(=CC[C@@H]4[C@@]5(C)CC[C@H](O)C(C)(C)[C@@H]5CC[C@]43C)[C@H]2[C@H]1C(=O)O. The van der Waals surface area contributed by atoms with Crippen molar-refractivity contribution in [2.24, 2.45) is 56.7 Å². The summed E-state index contributed by atoms with van der Waals surface area (Å²) in [6.07, 6.45) is 12.5.